The molecule has 0 saturated carbocycles. The lowest BCUT2D eigenvalue weighted by molar-refractivity contribution is 0.283. The molecule has 0 radical (unpaired) electrons. The van der Waals surface area contributed by atoms with Crippen LogP contribution in [-0.2, 0) is 19.3 Å². The quantitative estimate of drug-likeness (QED) is 0.871. The Bertz CT molecular complexity index is 661. The maximum absolute atomic E-state index is 5.81. The minimum Gasteiger partial charge on any atom is -0.497 e. The van der Waals surface area contributed by atoms with E-state index >= 15 is 0 Å². The van der Waals surface area contributed by atoms with Crippen molar-refractivity contribution in [2.24, 2.45) is 0 Å². The zero-order valence-electron chi connectivity index (χ0n) is 14.4. The number of thiazole rings is 1. The maximum Gasteiger partial charge on any atom is 0.180 e. The third kappa shape index (κ3) is 3.99. The number of ether oxygens (including phenoxy) is 2. The lowest BCUT2D eigenvalue weighted by atomic mass is 10.1. The Morgan fingerprint density at radius 2 is 2.04 bits per heavy atom. The van der Waals surface area contributed by atoms with E-state index in [4.69, 9.17) is 15.2 Å². The molecule has 0 saturated heterocycles. The number of fused-ring (bicyclic) bond motifs is 1. The van der Waals surface area contributed by atoms with E-state index in [0.29, 0.717) is 5.13 Å². The molecular weight excluding hydrogens is 322 g/mol. The third-order valence-corrected chi connectivity index (χ3v) is 5.52. The highest BCUT2D eigenvalue weighted by Crippen LogP contribution is 2.26. The number of aryl methyl sites for hydroxylation is 1. The number of nitrogens with two attached hydrogens (primary N) is 1. The van der Waals surface area contributed by atoms with E-state index in [1.165, 1.54) is 16.1 Å². The van der Waals surface area contributed by atoms with Crippen LogP contribution in [0.5, 0.6) is 11.5 Å². The standard InChI is InChI=1S/C18H25N3O2S/c1-22-14-6-5-13(16(12-14)23-2)4-3-9-21-10-7-15-17(8-11-21)24-18(19)20-15/h5-6,12H,3-4,7-11H2,1-2H3,(H2,19,20). The number of aromatic nitrogens is 1. The van der Waals surface area contributed by atoms with Crippen LogP contribution in [-0.4, -0.2) is 43.7 Å². The van der Waals surface area contributed by atoms with Crippen LogP contribution in [0.3, 0.4) is 0 Å². The van der Waals surface area contributed by atoms with E-state index < -0.39 is 0 Å². The topological polar surface area (TPSA) is 60.6 Å². The van der Waals surface area contributed by atoms with Crippen molar-refractivity contribution in [3.63, 3.8) is 0 Å². The molecule has 0 aliphatic carbocycles. The van der Waals surface area contributed by atoms with Crippen LogP contribution < -0.4 is 15.2 Å². The molecule has 2 aromatic rings. The van der Waals surface area contributed by atoms with Crippen molar-refractivity contribution in [2.45, 2.75) is 25.7 Å². The fourth-order valence-electron chi connectivity index (χ4n) is 3.20. The minimum absolute atomic E-state index is 0.708. The first-order valence-electron chi connectivity index (χ1n) is 8.37. The Morgan fingerprint density at radius 3 is 2.83 bits per heavy atom. The number of hydrogen-bond donors (Lipinski definition) is 1. The third-order valence-electron chi connectivity index (χ3n) is 4.53. The van der Waals surface area contributed by atoms with Gasteiger partial charge >= 0.3 is 0 Å². The highest BCUT2D eigenvalue weighted by atomic mass is 32.1. The van der Waals surface area contributed by atoms with Gasteiger partial charge in [0.2, 0.25) is 0 Å². The molecule has 2 heterocycles. The SMILES string of the molecule is COc1ccc(CCCN2CCc3nc(N)sc3CC2)c(OC)c1. The minimum atomic E-state index is 0.708. The zero-order valence-corrected chi connectivity index (χ0v) is 15.2. The van der Waals surface area contributed by atoms with Crippen molar-refractivity contribution >= 4 is 16.5 Å². The summed E-state index contributed by atoms with van der Waals surface area (Å²) in [5, 5.41) is 0.708. The van der Waals surface area contributed by atoms with E-state index in [1.54, 1.807) is 25.6 Å². The first-order chi connectivity index (χ1) is 11.7. The van der Waals surface area contributed by atoms with Crippen LogP contribution in [0.2, 0.25) is 0 Å². The number of benzene rings is 1. The van der Waals surface area contributed by atoms with Gasteiger partial charge in [0, 0.05) is 30.5 Å². The lowest BCUT2D eigenvalue weighted by Crippen LogP contribution is -2.28. The summed E-state index contributed by atoms with van der Waals surface area (Å²) in [6.07, 6.45) is 4.20. The zero-order chi connectivity index (χ0) is 16.9. The predicted octanol–water partition coefficient (Wildman–Crippen LogP) is 2.78. The van der Waals surface area contributed by atoms with E-state index in [1.807, 2.05) is 12.1 Å². The van der Waals surface area contributed by atoms with Gasteiger partial charge in [0.25, 0.3) is 0 Å². The van der Waals surface area contributed by atoms with Gasteiger partial charge in [-0.15, -0.1) is 11.3 Å². The van der Waals surface area contributed by atoms with Crippen molar-refractivity contribution in [3.8, 4) is 11.5 Å². The molecule has 0 bridgehead atoms. The van der Waals surface area contributed by atoms with Crippen LogP contribution in [0.15, 0.2) is 18.2 Å². The molecule has 1 aliphatic rings. The Balaban J connectivity index is 1.51. The number of hydrogen-bond acceptors (Lipinski definition) is 6. The van der Waals surface area contributed by atoms with Gasteiger partial charge in [-0.25, -0.2) is 4.98 Å². The Labute approximate surface area is 147 Å². The summed E-state index contributed by atoms with van der Waals surface area (Å²) in [7, 11) is 3.39. The summed E-state index contributed by atoms with van der Waals surface area (Å²) in [4.78, 5) is 8.35. The van der Waals surface area contributed by atoms with Crippen LogP contribution in [0.1, 0.15) is 22.6 Å². The van der Waals surface area contributed by atoms with Gasteiger partial charge < -0.3 is 20.1 Å². The molecule has 6 heteroatoms. The molecule has 24 heavy (non-hydrogen) atoms. The lowest BCUT2D eigenvalue weighted by Gasteiger charge is -2.20. The van der Waals surface area contributed by atoms with Crippen LogP contribution in [0, 0.1) is 0 Å². The second-order valence-electron chi connectivity index (χ2n) is 6.04. The average Bonchev–Trinajstić information content (AvgIpc) is 2.86. The number of nitrogens with zero attached hydrogens (tertiary/aromatic N) is 2. The van der Waals surface area contributed by atoms with Gasteiger partial charge in [-0.2, -0.15) is 0 Å². The highest BCUT2D eigenvalue weighted by Gasteiger charge is 2.17. The normalized spacial score (nSPS) is 14.9. The van der Waals surface area contributed by atoms with Gasteiger partial charge in [0.1, 0.15) is 11.5 Å². The summed E-state index contributed by atoms with van der Waals surface area (Å²) < 4.78 is 10.7. The summed E-state index contributed by atoms with van der Waals surface area (Å²) >= 11 is 1.65. The molecule has 1 aromatic carbocycles. The van der Waals surface area contributed by atoms with Gasteiger partial charge in [-0.05, 0) is 37.4 Å². The molecular formula is C18H25N3O2S. The second kappa shape index (κ2) is 7.85. The van der Waals surface area contributed by atoms with Crippen molar-refractivity contribution in [1.82, 2.24) is 9.88 Å². The van der Waals surface area contributed by atoms with Crippen molar-refractivity contribution in [3.05, 3.63) is 34.3 Å². The predicted molar refractivity (Wildman–Crippen MR) is 98.2 cm³/mol. The Hall–Kier alpha value is -1.79. The van der Waals surface area contributed by atoms with Crippen molar-refractivity contribution < 1.29 is 9.47 Å². The van der Waals surface area contributed by atoms with Crippen molar-refractivity contribution in [1.29, 1.82) is 0 Å². The molecule has 0 spiro atoms. The molecule has 3 rings (SSSR count). The first kappa shape index (κ1) is 17.0. The van der Waals surface area contributed by atoms with Gasteiger partial charge in [0.15, 0.2) is 5.13 Å². The van der Waals surface area contributed by atoms with Crippen LogP contribution in [0.25, 0.3) is 0 Å². The fourth-order valence-corrected chi connectivity index (χ4v) is 4.07. The molecule has 1 aliphatic heterocycles. The van der Waals surface area contributed by atoms with E-state index in [-0.39, 0.29) is 0 Å². The number of anilines is 1. The molecule has 2 N–H and O–H groups in total. The largest absolute Gasteiger partial charge is 0.497 e. The Kier molecular flexibility index (Phi) is 5.58. The second-order valence-corrected chi connectivity index (χ2v) is 7.16. The monoisotopic (exact) mass is 347 g/mol. The molecule has 1 aromatic heterocycles. The molecule has 130 valence electrons. The van der Waals surface area contributed by atoms with Crippen molar-refractivity contribution in [2.75, 3.05) is 39.6 Å². The van der Waals surface area contributed by atoms with E-state index in [0.717, 1.165) is 56.8 Å². The first-order valence-corrected chi connectivity index (χ1v) is 9.18. The average molecular weight is 347 g/mol. The summed E-state index contributed by atoms with van der Waals surface area (Å²) in [5.74, 6) is 1.74. The van der Waals surface area contributed by atoms with E-state index in [2.05, 4.69) is 16.0 Å². The van der Waals surface area contributed by atoms with Gasteiger partial charge in [-0.3, -0.25) is 0 Å². The molecule has 0 unspecified atom stereocenters. The van der Waals surface area contributed by atoms with E-state index in [9.17, 15) is 0 Å². The van der Waals surface area contributed by atoms with Crippen LogP contribution >= 0.6 is 11.3 Å². The molecule has 5 nitrogen and oxygen atoms in total. The molecule has 0 amide bonds. The highest BCUT2D eigenvalue weighted by molar-refractivity contribution is 7.15. The fraction of sp³-hybridized carbons (Fsp3) is 0.500. The number of rotatable bonds is 6. The molecule has 0 fully saturated rings. The van der Waals surface area contributed by atoms with Gasteiger partial charge in [0.05, 0.1) is 19.9 Å². The summed E-state index contributed by atoms with van der Waals surface area (Å²) in [6, 6.07) is 6.05. The maximum atomic E-state index is 5.81. The molecule has 0 atom stereocenters. The van der Waals surface area contributed by atoms with Gasteiger partial charge in [-0.1, -0.05) is 6.07 Å². The van der Waals surface area contributed by atoms with Crippen LogP contribution in [0.4, 0.5) is 5.13 Å². The summed E-state index contributed by atoms with van der Waals surface area (Å²) in [5.41, 5.74) is 8.25. The number of nitrogen functional groups attached to an aromatic ring is 1. The Morgan fingerprint density at radius 1 is 1.21 bits per heavy atom. The smallest absolute Gasteiger partial charge is 0.180 e. The number of methoxy groups -OCH3 is 2. The summed E-state index contributed by atoms with van der Waals surface area (Å²) in [6.45, 7) is 3.25.